The summed E-state index contributed by atoms with van der Waals surface area (Å²) in [4.78, 5) is 27.5. The molecule has 0 radical (unpaired) electrons. The second kappa shape index (κ2) is 7.40. The largest absolute Gasteiger partial charge is 0.462 e. The highest BCUT2D eigenvalue weighted by molar-refractivity contribution is 7.98. The van der Waals surface area contributed by atoms with Gasteiger partial charge in [0.2, 0.25) is 0 Å². The minimum Gasteiger partial charge on any atom is -0.462 e. The lowest BCUT2D eigenvalue weighted by Crippen LogP contribution is -2.14. The highest BCUT2D eigenvalue weighted by Crippen LogP contribution is 2.30. The number of hydrogen-bond acceptors (Lipinski definition) is 8. The van der Waals surface area contributed by atoms with E-state index in [0.29, 0.717) is 22.2 Å². The van der Waals surface area contributed by atoms with E-state index in [0.717, 1.165) is 0 Å². The molecule has 26 heavy (non-hydrogen) atoms. The molecule has 134 valence electrons. The van der Waals surface area contributed by atoms with Crippen LogP contribution in [-0.4, -0.2) is 38.4 Å². The van der Waals surface area contributed by atoms with Gasteiger partial charge in [0.15, 0.2) is 11.5 Å². The summed E-state index contributed by atoms with van der Waals surface area (Å²) in [7, 11) is 0. The van der Waals surface area contributed by atoms with Crippen LogP contribution in [0.1, 0.15) is 17.3 Å². The smallest absolute Gasteiger partial charge is 0.344 e. The predicted octanol–water partition coefficient (Wildman–Crippen LogP) is 3.28. The Labute approximate surface area is 152 Å². The van der Waals surface area contributed by atoms with E-state index in [9.17, 15) is 14.9 Å². The summed E-state index contributed by atoms with van der Waals surface area (Å²) in [5.74, 6) is -0.210. The van der Waals surface area contributed by atoms with Crippen molar-refractivity contribution >= 4 is 40.6 Å². The molecule has 10 heteroatoms. The lowest BCUT2D eigenvalue weighted by atomic mass is 10.2. The van der Waals surface area contributed by atoms with Crippen molar-refractivity contribution in [2.24, 2.45) is 0 Å². The number of anilines is 2. The predicted molar refractivity (Wildman–Crippen MR) is 97.1 cm³/mol. The number of hydrogen-bond donors (Lipinski definition) is 1. The molecular formula is C16H15N5O4S. The third-order valence-corrected chi connectivity index (χ3v) is 4.18. The van der Waals surface area contributed by atoms with Gasteiger partial charge in [0.25, 0.3) is 5.69 Å². The number of carbonyl (C=O) groups is 1. The van der Waals surface area contributed by atoms with Crippen LogP contribution in [0.4, 0.5) is 17.2 Å². The molecular weight excluding hydrogens is 358 g/mol. The standard InChI is InChI=1S/C16H15N5O4S/c1-3-25-16(22)13-14(18-10-5-4-6-11(9-10)21(23)24)20-12(7-8-17-20)19-15(13)26-2/h4-9,18H,3H2,1-2H3. The van der Waals surface area contributed by atoms with Crippen LogP contribution in [0.5, 0.6) is 0 Å². The molecule has 0 aliphatic carbocycles. The zero-order valence-corrected chi connectivity index (χ0v) is 14.8. The van der Waals surface area contributed by atoms with Gasteiger partial charge in [-0.05, 0) is 19.2 Å². The van der Waals surface area contributed by atoms with E-state index >= 15 is 0 Å². The van der Waals surface area contributed by atoms with E-state index in [1.54, 1.807) is 37.6 Å². The van der Waals surface area contributed by atoms with Crippen LogP contribution < -0.4 is 5.32 Å². The van der Waals surface area contributed by atoms with Crippen LogP contribution in [-0.2, 0) is 4.74 Å². The van der Waals surface area contributed by atoms with Gasteiger partial charge in [-0.15, -0.1) is 11.8 Å². The number of thioether (sulfide) groups is 1. The summed E-state index contributed by atoms with van der Waals surface area (Å²) in [5.41, 5.74) is 1.14. The first-order valence-corrected chi connectivity index (χ1v) is 8.88. The van der Waals surface area contributed by atoms with Crippen LogP contribution in [0, 0.1) is 10.1 Å². The number of benzene rings is 1. The number of nitrogens with zero attached hydrogens (tertiary/aromatic N) is 4. The normalized spacial score (nSPS) is 10.7. The fourth-order valence-corrected chi connectivity index (χ4v) is 2.97. The maximum Gasteiger partial charge on any atom is 0.344 e. The number of nitrogens with one attached hydrogen (secondary N) is 1. The van der Waals surface area contributed by atoms with Crippen molar-refractivity contribution in [1.82, 2.24) is 14.6 Å². The fraction of sp³-hybridized carbons (Fsp3) is 0.188. The number of ether oxygens (including phenoxy) is 1. The van der Waals surface area contributed by atoms with Crippen molar-refractivity contribution < 1.29 is 14.5 Å². The van der Waals surface area contributed by atoms with E-state index in [4.69, 9.17) is 4.74 Å². The summed E-state index contributed by atoms with van der Waals surface area (Å²) in [6.45, 7) is 1.92. The molecule has 0 atom stereocenters. The highest BCUT2D eigenvalue weighted by Gasteiger charge is 2.23. The van der Waals surface area contributed by atoms with E-state index < -0.39 is 10.9 Å². The molecule has 0 unspecified atom stereocenters. The average molecular weight is 373 g/mol. The number of carbonyl (C=O) groups excluding carboxylic acids is 1. The summed E-state index contributed by atoms with van der Waals surface area (Å²) < 4.78 is 6.62. The first kappa shape index (κ1) is 17.7. The topological polar surface area (TPSA) is 112 Å². The summed E-state index contributed by atoms with van der Waals surface area (Å²) in [6.07, 6.45) is 3.36. The van der Waals surface area contributed by atoms with Crippen molar-refractivity contribution in [2.75, 3.05) is 18.2 Å². The van der Waals surface area contributed by atoms with Gasteiger partial charge in [0.1, 0.15) is 10.6 Å². The minimum absolute atomic E-state index is 0.0662. The lowest BCUT2D eigenvalue weighted by molar-refractivity contribution is -0.384. The van der Waals surface area contributed by atoms with Gasteiger partial charge in [-0.25, -0.2) is 9.78 Å². The molecule has 0 saturated carbocycles. The monoisotopic (exact) mass is 373 g/mol. The Balaban J connectivity index is 2.17. The fourth-order valence-electron chi connectivity index (χ4n) is 2.40. The van der Waals surface area contributed by atoms with Crippen molar-refractivity contribution in [1.29, 1.82) is 0 Å². The molecule has 9 nitrogen and oxygen atoms in total. The Morgan fingerprint density at radius 3 is 2.92 bits per heavy atom. The molecule has 0 fully saturated rings. The third kappa shape index (κ3) is 3.31. The first-order chi connectivity index (χ1) is 12.5. The number of nitro groups is 1. The van der Waals surface area contributed by atoms with Crippen LogP contribution in [0.25, 0.3) is 5.65 Å². The van der Waals surface area contributed by atoms with Crippen LogP contribution in [0.2, 0.25) is 0 Å². The molecule has 0 spiro atoms. The number of rotatable bonds is 6. The number of nitro benzene ring substituents is 1. The number of non-ortho nitro benzene ring substituents is 1. The molecule has 1 aromatic carbocycles. The van der Waals surface area contributed by atoms with Gasteiger partial charge in [0, 0.05) is 23.9 Å². The molecule has 0 amide bonds. The highest BCUT2D eigenvalue weighted by atomic mass is 32.2. The lowest BCUT2D eigenvalue weighted by Gasteiger charge is -2.15. The summed E-state index contributed by atoms with van der Waals surface area (Å²) in [6, 6.07) is 7.69. The molecule has 0 bridgehead atoms. The maximum absolute atomic E-state index is 12.5. The summed E-state index contributed by atoms with van der Waals surface area (Å²) in [5, 5.41) is 18.7. The number of fused-ring (bicyclic) bond motifs is 1. The summed E-state index contributed by atoms with van der Waals surface area (Å²) >= 11 is 1.30. The second-order valence-electron chi connectivity index (χ2n) is 5.10. The van der Waals surface area contributed by atoms with E-state index in [1.165, 1.54) is 28.4 Å². The SMILES string of the molecule is CCOC(=O)c1c(SC)nc2ccnn2c1Nc1cccc([N+](=O)[O-])c1. The van der Waals surface area contributed by atoms with Gasteiger partial charge >= 0.3 is 5.97 Å². The number of esters is 1. The maximum atomic E-state index is 12.5. The van der Waals surface area contributed by atoms with Crippen molar-refractivity contribution in [3.8, 4) is 0 Å². The third-order valence-electron chi connectivity index (χ3n) is 3.49. The Morgan fingerprint density at radius 2 is 2.23 bits per heavy atom. The zero-order chi connectivity index (χ0) is 18.7. The molecule has 0 aliphatic rings. The Kier molecular flexibility index (Phi) is 5.03. The molecule has 0 aliphatic heterocycles. The minimum atomic E-state index is -0.547. The van der Waals surface area contributed by atoms with E-state index in [1.807, 2.05) is 0 Å². The van der Waals surface area contributed by atoms with Gasteiger partial charge in [-0.3, -0.25) is 10.1 Å². The Hall–Kier alpha value is -3.14. The molecule has 3 aromatic rings. The van der Waals surface area contributed by atoms with Gasteiger partial charge in [-0.1, -0.05) is 6.07 Å². The first-order valence-electron chi connectivity index (χ1n) is 7.65. The second-order valence-corrected chi connectivity index (χ2v) is 5.89. The van der Waals surface area contributed by atoms with E-state index in [-0.39, 0.29) is 17.9 Å². The number of aromatic nitrogens is 3. The van der Waals surface area contributed by atoms with Crippen LogP contribution in [0.3, 0.4) is 0 Å². The molecule has 2 aromatic heterocycles. The molecule has 3 rings (SSSR count). The van der Waals surface area contributed by atoms with Crippen molar-refractivity contribution in [3.05, 3.63) is 52.2 Å². The Morgan fingerprint density at radius 1 is 1.42 bits per heavy atom. The van der Waals surface area contributed by atoms with Gasteiger partial charge in [0.05, 0.1) is 17.7 Å². The average Bonchev–Trinajstić information content (AvgIpc) is 3.10. The molecule has 2 heterocycles. The van der Waals surface area contributed by atoms with Crippen molar-refractivity contribution in [2.45, 2.75) is 11.9 Å². The van der Waals surface area contributed by atoms with Crippen LogP contribution >= 0.6 is 11.8 Å². The quantitative estimate of drug-likeness (QED) is 0.230. The van der Waals surface area contributed by atoms with Gasteiger partial charge < -0.3 is 10.1 Å². The molecule has 1 N–H and O–H groups in total. The molecule has 0 saturated heterocycles. The zero-order valence-electron chi connectivity index (χ0n) is 14.0. The Bertz CT molecular complexity index is 988. The van der Waals surface area contributed by atoms with Crippen molar-refractivity contribution in [3.63, 3.8) is 0 Å². The van der Waals surface area contributed by atoms with E-state index in [2.05, 4.69) is 15.4 Å². The van der Waals surface area contributed by atoms with Crippen LogP contribution in [0.15, 0.2) is 41.6 Å². The van der Waals surface area contributed by atoms with Gasteiger partial charge in [-0.2, -0.15) is 9.61 Å².